The molecule has 1 saturated heterocycles. The number of nitrogens with one attached hydrogen (secondary N) is 2. The molecule has 0 radical (unpaired) electrons. The van der Waals surface area contributed by atoms with Crippen molar-refractivity contribution in [3.8, 4) is 5.75 Å². The van der Waals surface area contributed by atoms with E-state index in [0.717, 1.165) is 20.8 Å². The molecule has 0 aliphatic carbocycles. The van der Waals surface area contributed by atoms with E-state index in [4.69, 9.17) is 68.0 Å². The minimum atomic E-state index is -1.96. The lowest BCUT2D eigenvalue weighted by atomic mass is 9.96. The smallest absolute Gasteiger partial charge is 0.414 e. The average molecular weight is 630 g/mol. The molecule has 17 heteroatoms. The van der Waals surface area contributed by atoms with Crippen LogP contribution in [0.4, 0.5) is 15.3 Å². The van der Waals surface area contributed by atoms with E-state index in [2.05, 4.69) is 10.6 Å². The third-order valence-electron chi connectivity index (χ3n) is 4.91. The fourth-order valence-electron chi connectivity index (χ4n) is 3.41. The van der Waals surface area contributed by atoms with Gasteiger partial charge in [0.05, 0.1) is 7.11 Å². The highest BCUT2D eigenvalue weighted by Gasteiger charge is 2.53. The van der Waals surface area contributed by atoms with Crippen molar-refractivity contribution < 1.29 is 57.1 Å². The van der Waals surface area contributed by atoms with Crippen LogP contribution in [0.2, 0.25) is 0 Å². The van der Waals surface area contributed by atoms with Gasteiger partial charge in [0.15, 0.2) is 12.2 Å². The zero-order valence-corrected chi connectivity index (χ0v) is 23.9. The summed E-state index contributed by atoms with van der Waals surface area (Å²) in [7, 11) is 1.47. The van der Waals surface area contributed by atoms with Crippen molar-refractivity contribution in [1.29, 1.82) is 0 Å². The van der Waals surface area contributed by atoms with Gasteiger partial charge in [0.25, 0.3) is 0 Å². The van der Waals surface area contributed by atoms with E-state index in [0.29, 0.717) is 11.4 Å². The Morgan fingerprint density at radius 1 is 0.850 bits per heavy atom. The summed E-state index contributed by atoms with van der Waals surface area (Å²) >= 11 is 16.9. The monoisotopic (exact) mass is 628 g/mol. The second-order valence-corrected chi connectivity index (χ2v) is 10.6. The standard InChI is InChI=1S/C23H27Cl3N2O12/c1-11(29)35-9-16-18(37-12(2)30)19(38-13(3)31)17(28-21(32)36-10-23(24,25)26)20(39-16)40-22(33)27-14-5-7-15(34-4)8-6-14/h5-8,16-20H,9-10H2,1-4H3,(H,27,33)(H,28,32)/t16-,17-,18-,19-,20+/m1/s1. The van der Waals surface area contributed by atoms with Gasteiger partial charge in [0.2, 0.25) is 10.1 Å². The Hall–Kier alpha value is -3.20. The molecule has 1 aliphatic heterocycles. The summed E-state index contributed by atoms with van der Waals surface area (Å²) < 4.78 is 34.8. The predicted octanol–water partition coefficient (Wildman–Crippen LogP) is 2.86. The van der Waals surface area contributed by atoms with E-state index in [1.54, 1.807) is 12.1 Å². The largest absolute Gasteiger partial charge is 0.497 e. The van der Waals surface area contributed by atoms with Crippen LogP contribution in [0.15, 0.2) is 24.3 Å². The molecule has 1 aliphatic rings. The Morgan fingerprint density at radius 2 is 1.45 bits per heavy atom. The molecule has 2 N–H and O–H groups in total. The summed E-state index contributed by atoms with van der Waals surface area (Å²) in [5.74, 6) is -1.87. The molecule has 222 valence electrons. The highest BCUT2D eigenvalue weighted by atomic mass is 35.6. The molecule has 40 heavy (non-hydrogen) atoms. The quantitative estimate of drug-likeness (QED) is 0.233. The third kappa shape index (κ3) is 11.1. The molecule has 2 amide bonds. The lowest BCUT2D eigenvalue weighted by molar-refractivity contribution is -0.262. The number of carbonyl (C=O) groups is 5. The number of hydrogen-bond donors (Lipinski definition) is 2. The van der Waals surface area contributed by atoms with Gasteiger partial charge in [-0.3, -0.25) is 19.7 Å². The van der Waals surface area contributed by atoms with Crippen LogP contribution >= 0.6 is 34.8 Å². The number of ether oxygens (including phenoxy) is 7. The number of methoxy groups -OCH3 is 1. The molecule has 0 unspecified atom stereocenters. The summed E-state index contributed by atoms with van der Waals surface area (Å²) in [6.07, 6.45) is -8.25. The third-order valence-corrected chi connectivity index (χ3v) is 5.24. The molecule has 1 aromatic carbocycles. The lowest BCUT2D eigenvalue weighted by Crippen LogP contribution is -2.67. The number of amides is 2. The number of halogens is 3. The molecular weight excluding hydrogens is 603 g/mol. The van der Waals surface area contributed by atoms with Crippen molar-refractivity contribution in [2.45, 2.75) is 55.2 Å². The van der Waals surface area contributed by atoms with Crippen molar-refractivity contribution in [2.24, 2.45) is 0 Å². The molecule has 0 aromatic heterocycles. The summed E-state index contributed by atoms with van der Waals surface area (Å²) in [5, 5.41) is 4.76. The Bertz CT molecular complexity index is 1070. The van der Waals surface area contributed by atoms with Gasteiger partial charge >= 0.3 is 30.1 Å². The number of anilines is 1. The average Bonchev–Trinajstić information content (AvgIpc) is 2.84. The minimum absolute atomic E-state index is 0.305. The number of hydrogen-bond acceptors (Lipinski definition) is 12. The van der Waals surface area contributed by atoms with E-state index < -0.39 is 77.7 Å². The van der Waals surface area contributed by atoms with Crippen LogP contribution in [-0.4, -0.2) is 84.9 Å². The highest BCUT2D eigenvalue weighted by Crippen LogP contribution is 2.29. The molecule has 1 aromatic rings. The van der Waals surface area contributed by atoms with Crippen LogP contribution in [0.1, 0.15) is 20.8 Å². The van der Waals surface area contributed by atoms with Crippen LogP contribution < -0.4 is 15.4 Å². The van der Waals surface area contributed by atoms with Crippen LogP contribution in [0.25, 0.3) is 0 Å². The summed E-state index contributed by atoms with van der Waals surface area (Å²) in [6.45, 7) is 2.05. The number of benzene rings is 1. The Morgan fingerprint density at radius 3 is 1.98 bits per heavy atom. The van der Waals surface area contributed by atoms with Crippen LogP contribution in [-0.2, 0) is 42.8 Å². The first-order valence-corrected chi connectivity index (χ1v) is 12.6. The maximum atomic E-state index is 12.8. The van der Waals surface area contributed by atoms with Gasteiger partial charge in [-0.1, -0.05) is 34.8 Å². The van der Waals surface area contributed by atoms with Crippen molar-refractivity contribution >= 4 is 70.6 Å². The SMILES string of the molecule is COc1ccc(NC(=O)O[C@@H]2O[C@H](COC(C)=O)[C@@H](OC(C)=O)[C@H](OC(C)=O)[C@H]2NC(=O)OCC(Cl)(Cl)Cl)cc1. The summed E-state index contributed by atoms with van der Waals surface area (Å²) in [5.41, 5.74) is 0.305. The molecule has 1 fully saturated rings. The molecule has 2 rings (SSSR count). The molecule has 0 bridgehead atoms. The fourth-order valence-corrected chi connectivity index (χ4v) is 3.57. The first kappa shape index (κ1) is 33.0. The van der Waals surface area contributed by atoms with Crippen molar-refractivity contribution in [3.05, 3.63) is 24.3 Å². The number of carbonyl (C=O) groups excluding carboxylic acids is 5. The molecule has 0 spiro atoms. The van der Waals surface area contributed by atoms with Crippen LogP contribution in [0, 0.1) is 0 Å². The van der Waals surface area contributed by atoms with Crippen molar-refractivity contribution in [3.63, 3.8) is 0 Å². The zero-order valence-electron chi connectivity index (χ0n) is 21.6. The van der Waals surface area contributed by atoms with E-state index in [9.17, 15) is 24.0 Å². The number of esters is 3. The van der Waals surface area contributed by atoms with E-state index in [-0.39, 0.29) is 0 Å². The van der Waals surface area contributed by atoms with Gasteiger partial charge in [-0.25, -0.2) is 9.59 Å². The maximum Gasteiger partial charge on any atom is 0.414 e. The molecule has 0 saturated carbocycles. The lowest BCUT2D eigenvalue weighted by Gasteiger charge is -2.44. The first-order valence-electron chi connectivity index (χ1n) is 11.4. The maximum absolute atomic E-state index is 12.8. The Labute approximate surface area is 243 Å². The fraction of sp³-hybridized carbons (Fsp3) is 0.522. The van der Waals surface area contributed by atoms with E-state index in [1.165, 1.54) is 19.2 Å². The molecule has 1 heterocycles. The van der Waals surface area contributed by atoms with Crippen LogP contribution in [0.5, 0.6) is 5.75 Å². The minimum Gasteiger partial charge on any atom is -0.497 e. The second kappa shape index (κ2) is 15.0. The van der Waals surface area contributed by atoms with Gasteiger partial charge in [-0.05, 0) is 24.3 Å². The Kier molecular flexibility index (Phi) is 12.4. The topological polar surface area (TPSA) is 174 Å². The number of alkyl halides is 3. The Balaban J connectivity index is 2.39. The molecule has 5 atom stereocenters. The molecule has 14 nitrogen and oxygen atoms in total. The second-order valence-electron chi connectivity index (χ2n) is 8.11. The van der Waals surface area contributed by atoms with Gasteiger partial charge in [-0.15, -0.1) is 0 Å². The molecular formula is C23H27Cl3N2O12. The van der Waals surface area contributed by atoms with Gasteiger partial charge in [0, 0.05) is 26.5 Å². The number of rotatable bonds is 9. The van der Waals surface area contributed by atoms with E-state index in [1.807, 2.05) is 0 Å². The van der Waals surface area contributed by atoms with Gasteiger partial charge in [-0.2, -0.15) is 0 Å². The van der Waals surface area contributed by atoms with Crippen molar-refractivity contribution in [2.75, 3.05) is 25.6 Å². The predicted molar refractivity (Wildman–Crippen MR) is 138 cm³/mol. The zero-order chi connectivity index (χ0) is 30.0. The first-order chi connectivity index (χ1) is 18.7. The van der Waals surface area contributed by atoms with Gasteiger partial charge in [0.1, 0.15) is 31.1 Å². The van der Waals surface area contributed by atoms with E-state index >= 15 is 0 Å². The normalized spacial score (nSPS) is 22.2. The van der Waals surface area contributed by atoms with Crippen molar-refractivity contribution in [1.82, 2.24) is 5.32 Å². The number of alkyl carbamates (subject to hydrolysis) is 1. The highest BCUT2D eigenvalue weighted by molar-refractivity contribution is 6.67. The summed E-state index contributed by atoms with van der Waals surface area (Å²) in [4.78, 5) is 60.7. The summed E-state index contributed by atoms with van der Waals surface area (Å²) in [6, 6.07) is 4.66. The van der Waals surface area contributed by atoms with Gasteiger partial charge < -0.3 is 38.5 Å². The van der Waals surface area contributed by atoms with Crippen LogP contribution in [0.3, 0.4) is 0 Å².